The Morgan fingerprint density at radius 3 is 2.63 bits per heavy atom. The van der Waals surface area contributed by atoms with Crippen molar-refractivity contribution in [1.82, 2.24) is 20.0 Å². The van der Waals surface area contributed by atoms with Crippen LogP contribution in [0.4, 0.5) is 4.39 Å². The number of ether oxygens (including phenoxy) is 1. The molecule has 2 saturated heterocycles. The molecule has 2 amide bonds. The zero-order valence-electron chi connectivity index (χ0n) is 17.0. The Morgan fingerprint density at radius 1 is 1.13 bits per heavy atom. The second-order valence-electron chi connectivity index (χ2n) is 7.91. The monoisotopic (exact) mass is 414 g/mol. The lowest BCUT2D eigenvalue weighted by atomic mass is 9.91. The van der Waals surface area contributed by atoms with Gasteiger partial charge in [-0.25, -0.2) is 4.39 Å². The molecule has 0 bridgehead atoms. The highest BCUT2D eigenvalue weighted by Gasteiger charge is 2.30. The fourth-order valence-corrected chi connectivity index (χ4v) is 4.26. The molecule has 1 aromatic carbocycles. The highest BCUT2D eigenvalue weighted by atomic mass is 19.1. The molecule has 2 fully saturated rings. The van der Waals surface area contributed by atoms with Crippen LogP contribution in [-0.4, -0.2) is 64.6 Å². The van der Waals surface area contributed by atoms with E-state index in [-0.39, 0.29) is 36.6 Å². The molecule has 0 radical (unpaired) electrons. The van der Waals surface area contributed by atoms with Crippen LogP contribution in [0.15, 0.2) is 30.5 Å². The Bertz CT molecular complexity index is 886. The molecule has 2 aliphatic rings. The SMILES string of the molecule is O=C(CCOc1cccc(F)c1)N1CCC(c2[nH]ncc2C(=O)N2CCCC2)CC1. The van der Waals surface area contributed by atoms with E-state index in [1.54, 1.807) is 18.3 Å². The fourth-order valence-electron chi connectivity index (χ4n) is 4.26. The first-order chi connectivity index (χ1) is 14.6. The van der Waals surface area contributed by atoms with E-state index in [0.717, 1.165) is 44.5 Å². The molecule has 4 rings (SSSR count). The van der Waals surface area contributed by atoms with Gasteiger partial charge in [0.05, 0.1) is 30.5 Å². The molecule has 1 N–H and O–H groups in total. The van der Waals surface area contributed by atoms with Crippen LogP contribution >= 0.6 is 0 Å². The summed E-state index contributed by atoms with van der Waals surface area (Å²) in [5, 5.41) is 7.15. The molecule has 8 heteroatoms. The first-order valence-corrected chi connectivity index (χ1v) is 10.6. The summed E-state index contributed by atoms with van der Waals surface area (Å²) in [6.45, 7) is 3.12. The van der Waals surface area contributed by atoms with Crippen molar-refractivity contribution >= 4 is 11.8 Å². The molecule has 2 aromatic rings. The van der Waals surface area contributed by atoms with Crippen molar-refractivity contribution in [2.24, 2.45) is 0 Å². The highest BCUT2D eigenvalue weighted by molar-refractivity contribution is 5.95. The van der Waals surface area contributed by atoms with Gasteiger partial charge in [0.15, 0.2) is 0 Å². The van der Waals surface area contributed by atoms with Gasteiger partial charge in [-0.1, -0.05) is 6.07 Å². The Morgan fingerprint density at radius 2 is 1.90 bits per heavy atom. The van der Waals surface area contributed by atoms with Gasteiger partial charge in [-0.15, -0.1) is 0 Å². The van der Waals surface area contributed by atoms with Crippen molar-refractivity contribution in [3.05, 3.63) is 47.5 Å². The lowest BCUT2D eigenvalue weighted by Crippen LogP contribution is -2.39. The van der Waals surface area contributed by atoms with Gasteiger partial charge in [0.2, 0.25) is 5.91 Å². The third kappa shape index (κ3) is 4.63. The number of hydrogen-bond donors (Lipinski definition) is 1. The molecule has 0 saturated carbocycles. The molecule has 2 aliphatic heterocycles. The van der Waals surface area contributed by atoms with E-state index in [9.17, 15) is 14.0 Å². The minimum absolute atomic E-state index is 0.0304. The van der Waals surface area contributed by atoms with Gasteiger partial charge in [0.1, 0.15) is 11.6 Å². The van der Waals surface area contributed by atoms with Gasteiger partial charge in [-0.2, -0.15) is 5.10 Å². The maximum Gasteiger partial charge on any atom is 0.257 e. The fraction of sp³-hybridized carbons (Fsp3) is 0.500. The number of nitrogens with one attached hydrogen (secondary N) is 1. The number of likely N-dealkylation sites (tertiary alicyclic amines) is 2. The first kappa shape index (κ1) is 20.4. The predicted molar refractivity (Wildman–Crippen MR) is 109 cm³/mol. The smallest absolute Gasteiger partial charge is 0.257 e. The zero-order valence-corrected chi connectivity index (χ0v) is 17.0. The molecule has 30 heavy (non-hydrogen) atoms. The van der Waals surface area contributed by atoms with Crippen LogP contribution in [0.25, 0.3) is 0 Å². The summed E-state index contributed by atoms with van der Waals surface area (Å²) in [7, 11) is 0. The van der Waals surface area contributed by atoms with Crippen LogP contribution in [-0.2, 0) is 4.79 Å². The summed E-state index contributed by atoms with van der Waals surface area (Å²) in [5.41, 5.74) is 1.57. The quantitative estimate of drug-likeness (QED) is 0.788. The Hall–Kier alpha value is -2.90. The van der Waals surface area contributed by atoms with E-state index in [1.807, 2.05) is 9.80 Å². The van der Waals surface area contributed by atoms with Gasteiger partial charge in [-0.05, 0) is 37.8 Å². The van der Waals surface area contributed by atoms with E-state index in [4.69, 9.17) is 4.74 Å². The normalized spacial score (nSPS) is 17.4. The van der Waals surface area contributed by atoms with Gasteiger partial charge in [-0.3, -0.25) is 14.7 Å². The molecule has 0 atom stereocenters. The molecule has 0 spiro atoms. The van der Waals surface area contributed by atoms with Gasteiger partial charge in [0.25, 0.3) is 5.91 Å². The van der Waals surface area contributed by atoms with Gasteiger partial charge < -0.3 is 14.5 Å². The standard InChI is InChI=1S/C22H27FN4O3/c23-17-4-3-5-18(14-17)30-13-8-20(28)26-11-6-16(7-12-26)21-19(15-24-25-21)22(29)27-9-1-2-10-27/h3-5,14-16H,1-2,6-13H2,(H,24,25). The number of rotatable bonds is 6. The number of aromatic nitrogens is 2. The van der Waals surface area contributed by atoms with Crippen LogP contribution in [0.5, 0.6) is 5.75 Å². The summed E-state index contributed by atoms with van der Waals surface area (Å²) in [6.07, 6.45) is 5.59. The summed E-state index contributed by atoms with van der Waals surface area (Å²) >= 11 is 0. The number of hydrogen-bond acceptors (Lipinski definition) is 4. The zero-order chi connectivity index (χ0) is 20.9. The average molecular weight is 414 g/mol. The molecule has 3 heterocycles. The number of nitrogens with zero attached hydrogens (tertiary/aromatic N) is 3. The first-order valence-electron chi connectivity index (χ1n) is 10.6. The molecular weight excluding hydrogens is 387 g/mol. The largest absolute Gasteiger partial charge is 0.493 e. The van der Waals surface area contributed by atoms with Crippen molar-refractivity contribution < 1.29 is 18.7 Å². The van der Waals surface area contributed by atoms with E-state index >= 15 is 0 Å². The molecule has 1 aromatic heterocycles. The molecule has 7 nitrogen and oxygen atoms in total. The number of H-pyrrole nitrogens is 1. The molecule has 160 valence electrons. The maximum atomic E-state index is 13.2. The summed E-state index contributed by atoms with van der Waals surface area (Å²) in [5.74, 6) is 0.354. The van der Waals surface area contributed by atoms with Crippen LogP contribution in [0, 0.1) is 5.82 Å². The number of carbonyl (C=O) groups excluding carboxylic acids is 2. The summed E-state index contributed by atoms with van der Waals surface area (Å²) in [4.78, 5) is 29.0. The van der Waals surface area contributed by atoms with E-state index in [1.165, 1.54) is 12.1 Å². The Labute approximate surface area is 175 Å². The number of benzene rings is 1. The van der Waals surface area contributed by atoms with Gasteiger partial charge >= 0.3 is 0 Å². The number of carbonyl (C=O) groups is 2. The second kappa shape index (κ2) is 9.28. The van der Waals surface area contributed by atoms with Crippen molar-refractivity contribution in [3.63, 3.8) is 0 Å². The number of aromatic amines is 1. The highest BCUT2D eigenvalue weighted by Crippen LogP contribution is 2.30. The molecular formula is C22H27FN4O3. The number of piperidine rings is 1. The average Bonchev–Trinajstić information content (AvgIpc) is 3.46. The van der Waals surface area contributed by atoms with Crippen molar-refractivity contribution in [1.29, 1.82) is 0 Å². The number of halogens is 1. The van der Waals surface area contributed by atoms with Crippen molar-refractivity contribution in [2.45, 2.75) is 38.0 Å². The van der Waals surface area contributed by atoms with Crippen molar-refractivity contribution in [2.75, 3.05) is 32.8 Å². The third-order valence-electron chi connectivity index (χ3n) is 5.93. The van der Waals surface area contributed by atoms with Gasteiger partial charge in [0, 0.05) is 38.2 Å². The maximum absolute atomic E-state index is 13.2. The van der Waals surface area contributed by atoms with Crippen LogP contribution < -0.4 is 4.74 Å². The van der Waals surface area contributed by atoms with Crippen LogP contribution in [0.1, 0.15) is 54.1 Å². The van der Waals surface area contributed by atoms with E-state index < -0.39 is 0 Å². The van der Waals surface area contributed by atoms with Crippen LogP contribution in [0.2, 0.25) is 0 Å². The molecule has 0 aliphatic carbocycles. The minimum atomic E-state index is -0.359. The van der Waals surface area contributed by atoms with Crippen LogP contribution in [0.3, 0.4) is 0 Å². The van der Waals surface area contributed by atoms with E-state index in [0.29, 0.717) is 24.4 Å². The predicted octanol–water partition coefficient (Wildman–Crippen LogP) is 2.96. The minimum Gasteiger partial charge on any atom is -0.493 e. The number of amides is 2. The second-order valence-corrected chi connectivity index (χ2v) is 7.91. The van der Waals surface area contributed by atoms with Crippen molar-refractivity contribution in [3.8, 4) is 5.75 Å². The Kier molecular flexibility index (Phi) is 6.30. The third-order valence-corrected chi connectivity index (χ3v) is 5.93. The lowest BCUT2D eigenvalue weighted by Gasteiger charge is -2.32. The van der Waals surface area contributed by atoms with E-state index in [2.05, 4.69) is 10.2 Å². The molecule has 0 unspecified atom stereocenters. The lowest BCUT2D eigenvalue weighted by molar-refractivity contribution is -0.132. The summed E-state index contributed by atoms with van der Waals surface area (Å²) < 4.78 is 18.7. The Balaban J connectivity index is 1.26. The summed E-state index contributed by atoms with van der Waals surface area (Å²) in [6, 6.07) is 5.91. The topological polar surface area (TPSA) is 78.5 Å².